The number of nitrogens with zero attached hydrogens (tertiary/aromatic N) is 2. The maximum atomic E-state index is 13.5. The summed E-state index contributed by atoms with van der Waals surface area (Å²) in [6.07, 6.45) is 1.74. The molecule has 4 nitrogen and oxygen atoms in total. The Kier molecular flexibility index (Phi) is 7.11. The van der Waals surface area contributed by atoms with Crippen molar-refractivity contribution in [2.75, 3.05) is 26.2 Å². The van der Waals surface area contributed by atoms with Crippen molar-refractivity contribution in [2.24, 2.45) is 11.8 Å². The summed E-state index contributed by atoms with van der Waals surface area (Å²) in [6.45, 7) is 10.7. The van der Waals surface area contributed by atoms with Crippen LogP contribution in [0.4, 0.5) is 0 Å². The van der Waals surface area contributed by atoms with E-state index in [-0.39, 0.29) is 5.91 Å². The zero-order chi connectivity index (χ0) is 22.5. The molecule has 0 aliphatic carbocycles. The van der Waals surface area contributed by atoms with E-state index in [9.17, 15) is 4.79 Å². The van der Waals surface area contributed by atoms with Crippen molar-refractivity contribution in [1.29, 1.82) is 0 Å². The summed E-state index contributed by atoms with van der Waals surface area (Å²) in [5.41, 5.74) is 3.30. The van der Waals surface area contributed by atoms with Crippen LogP contribution in [0.5, 0.6) is 0 Å². The van der Waals surface area contributed by atoms with Gasteiger partial charge >= 0.3 is 0 Å². The molecule has 2 heterocycles. The van der Waals surface area contributed by atoms with Gasteiger partial charge in [0.15, 0.2) is 0 Å². The number of aryl methyl sites for hydroxylation is 1. The monoisotopic (exact) mass is 430 g/mol. The maximum absolute atomic E-state index is 13.5. The summed E-state index contributed by atoms with van der Waals surface area (Å²) < 4.78 is 5.60. The molecule has 0 radical (unpaired) electrons. The molecule has 1 saturated heterocycles. The van der Waals surface area contributed by atoms with Gasteiger partial charge in [0.05, 0.1) is 12.8 Å². The molecule has 3 aromatic rings. The standard InChI is InChI=1S/C28H34N2O2/c1-21(2)16-30(28(31)24-13-11-22(3)12-14-24)18-25-17-29(19-26-10-7-15-32-26)20-27(25)23-8-5-4-6-9-23/h4-15,21,25,27H,16-20H2,1-3H3/t25-,27-/m1/s1. The number of hydrogen-bond donors (Lipinski definition) is 0. The van der Waals surface area contributed by atoms with Crippen LogP contribution in [0.1, 0.15) is 47.0 Å². The summed E-state index contributed by atoms with van der Waals surface area (Å²) >= 11 is 0. The number of carbonyl (C=O) groups excluding carboxylic acids is 1. The number of likely N-dealkylation sites (tertiary alicyclic amines) is 1. The quantitative estimate of drug-likeness (QED) is 0.467. The zero-order valence-electron chi connectivity index (χ0n) is 19.4. The van der Waals surface area contributed by atoms with E-state index in [4.69, 9.17) is 4.42 Å². The normalized spacial score (nSPS) is 18.9. The maximum Gasteiger partial charge on any atom is 0.253 e. The number of carbonyl (C=O) groups is 1. The first-order valence-corrected chi connectivity index (χ1v) is 11.6. The van der Waals surface area contributed by atoms with Crippen LogP contribution in [0.2, 0.25) is 0 Å². The van der Waals surface area contributed by atoms with E-state index < -0.39 is 0 Å². The van der Waals surface area contributed by atoms with Gasteiger partial charge in [-0.3, -0.25) is 9.69 Å². The molecule has 1 amide bonds. The van der Waals surface area contributed by atoms with Gasteiger partial charge in [-0.25, -0.2) is 0 Å². The highest BCUT2D eigenvalue weighted by atomic mass is 16.3. The van der Waals surface area contributed by atoms with Crippen molar-refractivity contribution in [3.63, 3.8) is 0 Å². The lowest BCUT2D eigenvalue weighted by Gasteiger charge is -2.30. The highest BCUT2D eigenvalue weighted by molar-refractivity contribution is 5.94. The second-order valence-electron chi connectivity index (χ2n) is 9.52. The minimum absolute atomic E-state index is 0.134. The van der Waals surface area contributed by atoms with Gasteiger partial charge in [0, 0.05) is 37.7 Å². The third kappa shape index (κ3) is 5.49. The molecule has 168 valence electrons. The number of rotatable bonds is 8. The highest BCUT2D eigenvalue weighted by Gasteiger charge is 2.36. The second-order valence-corrected chi connectivity index (χ2v) is 9.52. The Morgan fingerprint density at radius 3 is 2.44 bits per heavy atom. The molecular formula is C28H34N2O2. The van der Waals surface area contributed by atoms with Crippen LogP contribution in [-0.4, -0.2) is 41.9 Å². The fourth-order valence-corrected chi connectivity index (χ4v) is 4.82. The van der Waals surface area contributed by atoms with Crippen molar-refractivity contribution in [1.82, 2.24) is 9.80 Å². The first-order valence-electron chi connectivity index (χ1n) is 11.6. The van der Waals surface area contributed by atoms with E-state index in [1.165, 1.54) is 11.1 Å². The average Bonchev–Trinajstić information content (AvgIpc) is 3.44. The molecule has 2 aromatic carbocycles. The predicted octanol–water partition coefficient (Wildman–Crippen LogP) is 5.60. The van der Waals surface area contributed by atoms with E-state index >= 15 is 0 Å². The van der Waals surface area contributed by atoms with Crippen LogP contribution in [0.3, 0.4) is 0 Å². The summed E-state index contributed by atoms with van der Waals surface area (Å²) in [4.78, 5) is 18.0. The van der Waals surface area contributed by atoms with Crippen molar-refractivity contribution in [3.05, 3.63) is 95.4 Å². The third-order valence-corrected chi connectivity index (χ3v) is 6.33. The summed E-state index contributed by atoms with van der Waals surface area (Å²) in [5.74, 6) is 2.31. The van der Waals surface area contributed by atoms with Crippen molar-refractivity contribution in [2.45, 2.75) is 33.2 Å². The molecule has 1 aromatic heterocycles. The van der Waals surface area contributed by atoms with Gasteiger partial charge in [0.2, 0.25) is 0 Å². The fraction of sp³-hybridized carbons (Fsp3) is 0.393. The van der Waals surface area contributed by atoms with Gasteiger partial charge in [-0.1, -0.05) is 61.9 Å². The number of furan rings is 1. The largest absolute Gasteiger partial charge is 0.468 e. The SMILES string of the molecule is Cc1ccc(C(=O)N(CC(C)C)C[C@H]2CN(Cc3ccco3)C[C@@H]2c2ccccc2)cc1. The fourth-order valence-electron chi connectivity index (χ4n) is 4.82. The summed E-state index contributed by atoms with van der Waals surface area (Å²) in [5, 5.41) is 0. The van der Waals surface area contributed by atoms with Gasteiger partial charge in [0.25, 0.3) is 5.91 Å². The van der Waals surface area contributed by atoms with E-state index in [1.54, 1.807) is 6.26 Å². The molecular weight excluding hydrogens is 396 g/mol. The first-order chi connectivity index (χ1) is 15.5. The lowest BCUT2D eigenvalue weighted by atomic mass is 9.88. The van der Waals surface area contributed by atoms with Crippen molar-refractivity contribution >= 4 is 5.91 Å². The number of amides is 1. The first kappa shape index (κ1) is 22.3. The molecule has 0 N–H and O–H groups in total. The average molecular weight is 431 g/mol. The third-order valence-electron chi connectivity index (χ3n) is 6.33. The smallest absolute Gasteiger partial charge is 0.253 e. The number of benzene rings is 2. The van der Waals surface area contributed by atoms with Gasteiger partial charge in [0.1, 0.15) is 5.76 Å². The van der Waals surface area contributed by atoms with Gasteiger partial charge in [-0.2, -0.15) is 0 Å². The van der Waals surface area contributed by atoms with Crippen LogP contribution >= 0.6 is 0 Å². The lowest BCUT2D eigenvalue weighted by Crippen LogP contribution is -2.39. The minimum Gasteiger partial charge on any atom is -0.468 e. The van der Waals surface area contributed by atoms with E-state index in [0.29, 0.717) is 17.8 Å². The van der Waals surface area contributed by atoms with E-state index in [2.05, 4.69) is 60.9 Å². The zero-order valence-corrected chi connectivity index (χ0v) is 19.4. The lowest BCUT2D eigenvalue weighted by molar-refractivity contribution is 0.0703. The van der Waals surface area contributed by atoms with Crippen molar-refractivity contribution in [3.8, 4) is 0 Å². The topological polar surface area (TPSA) is 36.7 Å². The Balaban J connectivity index is 1.56. The van der Waals surface area contributed by atoms with Crippen LogP contribution in [0, 0.1) is 18.8 Å². The Morgan fingerprint density at radius 2 is 1.78 bits per heavy atom. The molecule has 0 unspecified atom stereocenters. The Bertz CT molecular complexity index is 980. The molecule has 0 bridgehead atoms. The van der Waals surface area contributed by atoms with Crippen LogP contribution < -0.4 is 0 Å². The summed E-state index contributed by atoms with van der Waals surface area (Å²) in [6, 6.07) is 22.7. The molecule has 32 heavy (non-hydrogen) atoms. The number of hydrogen-bond acceptors (Lipinski definition) is 3. The molecule has 2 atom stereocenters. The van der Waals surface area contributed by atoms with Gasteiger partial charge < -0.3 is 9.32 Å². The predicted molar refractivity (Wildman–Crippen MR) is 129 cm³/mol. The molecule has 0 spiro atoms. The molecule has 1 aliphatic heterocycles. The van der Waals surface area contributed by atoms with E-state index in [0.717, 1.165) is 44.0 Å². The highest BCUT2D eigenvalue weighted by Crippen LogP contribution is 2.34. The Morgan fingerprint density at radius 1 is 1.03 bits per heavy atom. The Hall–Kier alpha value is -2.85. The molecule has 1 fully saturated rings. The van der Waals surface area contributed by atoms with E-state index in [1.807, 2.05) is 36.4 Å². The molecule has 0 saturated carbocycles. The Labute approximate surface area is 191 Å². The van der Waals surface area contributed by atoms with Gasteiger partial charge in [-0.15, -0.1) is 0 Å². The minimum atomic E-state index is 0.134. The van der Waals surface area contributed by atoms with Crippen LogP contribution in [0.15, 0.2) is 77.4 Å². The molecule has 4 heteroatoms. The second kappa shape index (κ2) is 10.2. The molecule has 4 rings (SSSR count). The summed E-state index contributed by atoms with van der Waals surface area (Å²) in [7, 11) is 0. The van der Waals surface area contributed by atoms with Gasteiger partial charge in [-0.05, 0) is 48.6 Å². The van der Waals surface area contributed by atoms with Crippen LogP contribution in [-0.2, 0) is 6.54 Å². The molecule has 1 aliphatic rings. The van der Waals surface area contributed by atoms with Crippen LogP contribution in [0.25, 0.3) is 0 Å². The van der Waals surface area contributed by atoms with Crippen molar-refractivity contribution < 1.29 is 9.21 Å².